The molecule has 0 bridgehead atoms. The molecule has 1 aromatic rings. The molecule has 0 heterocycles. The summed E-state index contributed by atoms with van der Waals surface area (Å²) in [4.78, 5) is 21.3. The molecule has 4 N–H and O–H groups in total. The Morgan fingerprint density at radius 1 is 1.42 bits per heavy atom. The molecule has 0 aliphatic carbocycles. The van der Waals surface area contributed by atoms with E-state index in [1.54, 1.807) is 0 Å². The van der Waals surface area contributed by atoms with Gasteiger partial charge in [0.05, 0.1) is 4.92 Å². The van der Waals surface area contributed by atoms with Crippen LogP contribution < -0.4 is 15.8 Å². The molecule has 0 radical (unpaired) electrons. The van der Waals surface area contributed by atoms with Gasteiger partial charge in [-0.2, -0.15) is 0 Å². The smallest absolute Gasteiger partial charge is 0.311 e. The average Bonchev–Trinajstić information content (AvgIpc) is 2.35. The number of nitrogens with one attached hydrogen (secondary N) is 2. The first-order chi connectivity index (χ1) is 8.99. The van der Waals surface area contributed by atoms with Crippen LogP contribution in [0.5, 0.6) is 5.75 Å². The first-order valence-corrected chi connectivity index (χ1v) is 5.52. The van der Waals surface area contributed by atoms with Crippen molar-refractivity contribution in [3.05, 3.63) is 34.4 Å². The number of nitro groups is 1. The van der Waals surface area contributed by atoms with Gasteiger partial charge in [0.15, 0.2) is 5.96 Å². The molecule has 0 unspecified atom stereocenters. The normalized spacial score (nSPS) is 9.68. The van der Waals surface area contributed by atoms with Crippen molar-refractivity contribution < 1.29 is 14.5 Å². The third kappa shape index (κ3) is 5.48. The number of benzene rings is 1. The highest BCUT2D eigenvalue weighted by Gasteiger charge is 2.08. The highest BCUT2D eigenvalue weighted by molar-refractivity contribution is 5.74. The molecule has 0 amide bonds. The van der Waals surface area contributed by atoms with E-state index in [1.165, 1.54) is 24.3 Å². The Hall–Kier alpha value is -2.64. The van der Waals surface area contributed by atoms with Crippen LogP contribution in [-0.2, 0) is 4.79 Å². The minimum Gasteiger partial charge on any atom is -0.427 e. The van der Waals surface area contributed by atoms with E-state index in [1.807, 2.05) is 0 Å². The molecule has 8 heteroatoms. The zero-order valence-corrected chi connectivity index (χ0v) is 10.1. The quantitative estimate of drug-likeness (QED) is 0.132. The van der Waals surface area contributed by atoms with E-state index in [-0.39, 0.29) is 23.8 Å². The maximum Gasteiger partial charge on any atom is 0.311 e. The van der Waals surface area contributed by atoms with Crippen LogP contribution in [0, 0.1) is 15.5 Å². The van der Waals surface area contributed by atoms with Crippen LogP contribution in [0.3, 0.4) is 0 Å². The predicted molar refractivity (Wildman–Crippen MR) is 67.9 cm³/mol. The molecule has 0 atom stereocenters. The molecule has 0 spiro atoms. The molecular weight excluding hydrogens is 252 g/mol. The van der Waals surface area contributed by atoms with E-state index in [4.69, 9.17) is 15.9 Å². The van der Waals surface area contributed by atoms with Gasteiger partial charge in [-0.25, -0.2) is 0 Å². The Balaban J connectivity index is 2.35. The van der Waals surface area contributed by atoms with Crippen molar-refractivity contribution in [3.8, 4) is 5.75 Å². The first kappa shape index (κ1) is 14.4. The van der Waals surface area contributed by atoms with Gasteiger partial charge in [0.25, 0.3) is 5.69 Å². The van der Waals surface area contributed by atoms with E-state index in [0.717, 1.165) is 0 Å². The second-order valence-electron chi connectivity index (χ2n) is 3.67. The number of guanidine groups is 1. The Morgan fingerprint density at radius 2 is 2.05 bits per heavy atom. The van der Waals surface area contributed by atoms with Crippen molar-refractivity contribution in [2.24, 2.45) is 5.73 Å². The van der Waals surface area contributed by atoms with Crippen LogP contribution >= 0.6 is 0 Å². The molecule has 0 aliphatic heterocycles. The SMILES string of the molecule is N=C(N)NCCCC(=O)Oc1ccc([N+](=O)[O-])cc1. The number of carbonyl (C=O) groups is 1. The van der Waals surface area contributed by atoms with Crippen LogP contribution in [0.4, 0.5) is 5.69 Å². The van der Waals surface area contributed by atoms with Gasteiger partial charge in [-0.15, -0.1) is 0 Å². The number of hydrogen-bond donors (Lipinski definition) is 3. The lowest BCUT2D eigenvalue weighted by atomic mass is 10.3. The lowest BCUT2D eigenvalue weighted by molar-refractivity contribution is -0.384. The van der Waals surface area contributed by atoms with Crippen LogP contribution in [0.2, 0.25) is 0 Å². The second kappa shape index (κ2) is 6.94. The molecular formula is C11H14N4O4. The largest absolute Gasteiger partial charge is 0.427 e. The molecule has 0 aliphatic rings. The number of nitrogens with two attached hydrogens (primary N) is 1. The summed E-state index contributed by atoms with van der Waals surface area (Å²) in [7, 11) is 0. The Morgan fingerprint density at radius 3 is 2.58 bits per heavy atom. The molecule has 0 saturated carbocycles. The topological polar surface area (TPSA) is 131 Å². The van der Waals surface area contributed by atoms with Crippen molar-refractivity contribution in [2.45, 2.75) is 12.8 Å². The van der Waals surface area contributed by atoms with E-state index < -0.39 is 10.9 Å². The summed E-state index contributed by atoms with van der Waals surface area (Å²) < 4.78 is 4.98. The molecule has 8 nitrogen and oxygen atoms in total. The molecule has 0 saturated heterocycles. The lowest BCUT2D eigenvalue weighted by Crippen LogP contribution is -2.31. The van der Waals surface area contributed by atoms with Crippen LogP contribution in [0.25, 0.3) is 0 Å². The van der Waals surface area contributed by atoms with E-state index in [2.05, 4.69) is 5.32 Å². The summed E-state index contributed by atoms with van der Waals surface area (Å²) in [5.74, 6) is -0.335. The summed E-state index contributed by atoms with van der Waals surface area (Å²) in [5, 5.41) is 19.9. The third-order valence-corrected chi connectivity index (χ3v) is 2.15. The predicted octanol–water partition coefficient (Wildman–Crippen LogP) is 0.763. The molecule has 0 fully saturated rings. The third-order valence-electron chi connectivity index (χ3n) is 2.15. The number of esters is 1. The summed E-state index contributed by atoms with van der Waals surface area (Å²) in [6.45, 7) is 0.407. The lowest BCUT2D eigenvalue weighted by Gasteiger charge is -2.05. The fourth-order valence-corrected chi connectivity index (χ4v) is 1.27. The Kier molecular flexibility index (Phi) is 5.27. The van der Waals surface area contributed by atoms with Crippen LogP contribution in [0.1, 0.15) is 12.8 Å². The van der Waals surface area contributed by atoms with Gasteiger partial charge >= 0.3 is 5.97 Å². The van der Waals surface area contributed by atoms with Crippen LogP contribution in [-0.4, -0.2) is 23.4 Å². The summed E-state index contributed by atoms with van der Waals surface area (Å²) in [6, 6.07) is 5.26. The number of nitrogens with zero attached hydrogens (tertiary/aromatic N) is 1. The minimum absolute atomic E-state index is 0.0644. The van der Waals surface area contributed by atoms with Gasteiger partial charge in [-0.3, -0.25) is 20.3 Å². The number of nitro benzene ring substituents is 1. The van der Waals surface area contributed by atoms with Gasteiger partial charge in [0, 0.05) is 25.1 Å². The van der Waals surface area contributed by atoms with Crippen molar-refractivity contribution >= 4 is 17.6 Å². The van der Waals surface area contributed by atoms with Gasteiger partial charge in [-0.1, -0.05) is 0 Å². The summed E-state index contributed by atoms with van der Waals surface area (Å²) in [5.41, 5.74) is 5.01. The number of non-ortho nitro benzene ring substituents is 1. The zero-order valence-electron chi connectivity index (χ0n) is 10.1. The fraction of sp³-hybridized carbons (Fsp3) is 0.273. The van der Waals surface area contributed by atoms with E-state index in [0.29, 0.717) is 13.0 Å². The Bertz CT molecular complexity index is 472. The second-order valence-corrected chi connectivity index (χ2v) is 3.67. The number of ether oxygens (including phenoxy) is 1. The van der Waals surface area contributed by atoms with Crippen molar-refractivity contribution in [2.75, 3.05) is 6.54 Å². The van der Waals surface area contributed by atoms with Crippen molar-refractivity contribution in [3.63, 3.8) is 0 Å². The van der Waals surface area contributed by atoms with Crippen molar-refractivity contribution in [1.82, 2.24) is 5.32 Å². The minimum atomic E-state index is -0.529. The molecule has 1 rings (SSSR count). The molecule has 0 aromatic heterocycles. The molecule has 1 aromatic carbocycles. The maximum atomic E-state index is 11.4. The van der Waals surface area contributed by atoms with Crippen molar-refractivity contribution in [1.29, 1.82) is 5.41 Å². The monoisotopic (exact) mass is 266 g/mol. The standard InChI is InChI=1S/C11H14N4O4/c12-11(13)14-7-1-2-10(16)19-9-5-3-8(4-6-9)15(17)18/h3-6H,1-2,7H2,(H4,12,13,14). The molecule has 102 valence electrons. The first-order valence-electron chi connectivity index (χ1n) is 5.52. The van der Waals surface area contributed by atoms with Crippen LogP contribution in [0.15, 0.2) is 24.3 Å². The van der Waals surface area contributed by atoms with Gasteiger partial charge in [0.2, 0.25) is 0 Å². The average molecular weight is 266 g/mol. The Labute approximate surface area is 109 Å². The number of hydrogen-bond acceptors (Lipinski definition) is 5. The highest BCUT2D eigenvalue weighted by atomic mass is 16.6. The van der Waals surface area contributed by atoms with E-state index in [9.17, 15) is 14.9 Å². The summed E-state index contributed by atoms with van der Waals surface area (Å²) >= 11 is 0. The van der Waals surface area contributed by atoms with Gasteiger partial charge in [0.1, 0.15) is 5.75 Å². The summed E-state index contributed by atoms with van der Waals surface area (Å²) in [6.07, 6.45) is 0.642. The van der Waals surface area contributed by atoms with Gasteiger partial charge < -0.3 is 15.8 Å². The molecule has 19 heavy (non-hydrogen) atoms. The number of carbonyl (C=O) groups excluding carboxylic acids is 1. The van der Waals surface area contributed by atoms with E-state index >= 15 is 0 Å². The van der Waals surface area contributed by atoms with Gasteiger partial charge in [-0.05, 0) is 18.6 Å². The number of rotatable bonds is 6. The highest BCUT2D eigenvalue weighted by Crippen LogP contribution is 2.17. The zero-order chi connectivity index (χ0) is 14.3. The maximum absolute atomic E-state index is 11.4. The fourth-order valence-electron chi connectivity index (χ4n) is 1.27.